The van der Waals surface area contributed by atoms with Crippen LogP contribution >= 0.6 is 0 Å². The maximum atomic E-state index is 12.0. The van der Waals surface area contributed by atoms with Gasteiger partial charge >= 0.3 is 5.97 Å². The number of ether oxygens (including phenoxy) is 1. The Balaban J connectivity index is 2.15. The van der Waals surface area contributed by atoms with Gasteiger partial charge in [0.15, 0.2) is 12.4 Å². The summed E-state index contributed by atoms with van der Waals surface area (Å²) < 4.78 is 6.54. The van der Waals surface area contributed by atoms with Crippen LogP contribution in [-0.4, -0.2) is 39.6 Å². The van der Waals surface area contributed by atoms with Crippen LogP contribution in [0.15, 0.2) is 42.9 Å². The first-order valence-electron chi connectivity index (χ1n) is 6.50. The van der Waals surface area contributed by atoms with Crippen LogP contribution in [0, 0.1) is 0 Å². The molecule has 1 unspecified atom stereocenters. The molecule has 0 aliphatic carbocycles. The number of carbonyl (C=O) groups excluding carboxylic acids is 2. The van der Waals surface area contributed by atoms with Gasteiger partial charge < -0.3 is 14.4 Å². The monoisotopic (exact) mass is 288 g/mol. The van der Waals surface area contributed by atoms with Gasteiger partial charge in [-0.1, -0.05) is 30.3 Å². The number of ketones is 1. The van der Waals surface area contributed by atoms with Gasteiger partial charge in [-0.15, -0.1) is 0 Å². The molecular weight excluding hydrogens is 272 g/mol. The van der Waals surface area contributed by atoms with E-state index in [1.807, 2.05) is 37.3 Å². The number of benzene rings is 1. The van der Waals surface area contributed by atoms with Crippen molar-refractivity contribution in [2.24, 2.45) is 0 Å². The molecule has 0 fully saturated rings. The summed E-state index contributed by atoms with van der Waals surface area (Å²) in [4.78, 5) is 26.9. The highest BCUT2D eigenvalue weighted by Gasteiger charge is 2.18. The molecular formula is C15H16N2O4. The zero-order valence-corrected chi connectivity index (χ0v) is 11.6. The molecule has 0 saturated carbocycles. The number of nitrogens with zero attached hydrogens (tertiary/aromatic N) is 2. The lowest BCUT2D eigenvalue weighted by Gasteiger charge is -2.16. The normalized spacial score (nSPS) is 11.9. The van der Waals surface area contributed by atoms with E-state index in [0.29, 0.717) is 0 Å². The Morgan fingerprint density at radius 2 is 2.05 bits per heavy atom. The van der Waals surface area contributed by atoms with Gasteiger partial charge in [0.05, 0.1) is 18.6 Å². The average Bonchev–Trinajstić information content (AvgIpc) is 3.01. The van der Waals surface area contributed by atoms with E-state index in [0.717, 1.165) is 5.56 Å². The number of aromatic nitrogens is 2. The third-order valence-corrected chi connectivity index (χ3v) is 3.12. The van der Waals surface area contributed by atoms with Crippen molar-refractivity contribution in [2.75, 3.05) is 13.2 Å². The molecule has 1 heterocycles. The predicted molar refractivity (Wildman–Crippen MR) is 74.9 cm³/mol. The molecule has 0 saturated heterocycles. The van der Waals surface area contributed by atoms with Crippen molar-refractivity contribution in [3.05, 3.63) is 54.1 Å². The minimum atomic E-state index is -0.646. The predicted octanol–water partition coefficient (Wildman–Crippen LogP) is 1.21. The topological polar surface area (TPSA) is 81.4 Å². The van der Waals surface area contributed by atoms with Gasteiger partial charge in [-0.05, 0) is 12.5 Å². The summed E-state index contributed by atoms with van der Waals surface area (Å²) in [6, 6.07) is 9.57. The average molecular weight is 288 g/mol. The summed E-state index contributed by atoms with van der Waals surface area (Å²) in [6.45, 7) is 0.847. The van der Waals surface area contributed by atoms with Crippen LogP contribution in [0.4, 0.5) is 0 Å². The van der Waals surface area contributed by atoms with Gasteiger partial charge in [0.25, 0.3) is 0 Å². The van der Waals surface area contributed by atoms with Crippen molar-refractivity contribution < 1.29 is 19.4 Å². The van der Waals surface area contributed by atoms with E-state index in [2.05, 4.69) is 4.98 Å². The van der Waals surface area contributed by atoms with Gasteiger partial charge in [-0.3, -0.25) is 4.79 Å². The number of rotatable bonds is 6. The SMILES string of the molecule is CC(c1ccccc1)n1cncc1C(=O)OCC(=O)CO. The van der Waals surface area contributed by atoms with E-state index >= 15 is 0 Å². The number of carbonyl (C=O) groups is 2. The Bertz CT molecular complexity index is 622. The first-order valence-corrected chi connectivity index (χ1v) is 6.50. The molecule has 0 radical (unpaired) electrons. The number of Topliss-reactive ketones (excluding diaryl/α,β-unsaturated/α-hetero) is 1. The lowest BCUT2D eigenvalue weighted by atomic mass is 10.1. The third-order valence-electron chi connectivity index (χ3n) is 3.12. The van der Waals surface area contributed by atoms with Gasteiger partial charge in [-0.2, -0.15) is 0 Å². The summed E-state index contributed by atoms with van der Waals surface area (Å²) in [6.07, 6.45) is 2.94. The van der Waals surface area contributed by atoms with Crippen LogP contribution in [0.25, 0.3) is 0 Å². The number of aliphatic hydroxyl groups excluding tert-OH is 1. The first kappa shape index (κ1) is 14.9. The molecule has 0 spiro atoms. The Hall–Kier alpha value is -2.47. The number of esters is 1. The van der Waals surface area contributed by atoms with E-state index in [1.54, 1.807) is 10.9 Å². The lowest BCUT2D eigenvalue weighted by Crippen LogP contribution is -2.20. The van der Waals surface area contributed by atoms with Crippen LogP contribution in [0.2, 0.25) is 0 Å². The number of imidazole rings is 1. The molecule has 2 aromatic rings. The van der Waals surface area contributed by atoms with Crippen LogP contribution in [0.3, 0.4) is 0 Å². The first-order chi connectivity index (χ1) is 10.1. The fourth-order valence-corrected chi connectivity index (χ4v) is 1.93. The Labute approximate surface area is 122 Å². The summed E-state index contributed by atoms with van der Waals surface area (Å²) in [7, 11) is 0. The number of hydrogen-bond acceptors (Lipinski definition) is 5. The van der Waals surface area contributed by atoms with Crippen molar-refractivity contribution in [1.82, 2.24) is 9.55 Å². The minimum absolute atomic E-state index is 0.0928. The summed E-state index contributed by atoms with van der Waals surface area (Å²) in [5.74, 6) is -1.19. The highest BCUT2D eigenvalue weighted by molar-refractivity contribution is 5.90. The van der Waals surface area contributed by atoms with E-state index in [4.69, 9.17) is 9.84 Å². The maximum absolute atomic E-state index is 12.0. The maximum Gasteiger partial charge on any atom is 0.357 e. The van der Waals surface area contributed by atoms with Crippen LogP contribution in [-0.2, 0) is 9.53 Å². The van der Waals surface area contributed by atoms with Crippen molar-refractivity contribution in [3.63, 3.8) is 0 Å². The fraction of sp³-hybridized carbons (Fsp3) is 0.267. The lowest BCUT2D eigenvalue weighted by molar-refractivity contribution is -0.124. The fourth-order valence-electron chi connectivity index (χ4n) is 1.93. The molecule has 21 heavy (non-hydrogen) atoms. The Kier molecular flexibility index (Phi) is 4.84. The summed E-state index contributed by atoms with van der Waals surface area (Å²) >= 11 is 0. The van der Waals surface area contributed by atoms with E-state index < -0.39 is 25.0 Å². The second-order valence-electron chi connectivity index (χ2n) is 4.55. The molecule has 6 nitrogen and oxygen atoms in total. The van der Waals surface area contributed by atoms with Gasteiger partial charge in [0.1, 0.15) is 12.3 Å². The van der Waals surface area contributed by atoms with Gasteiger partial charge in [0.2, 0.25) is 0 Å². The highest BCUT2D eigenvalue weighted by atomic mass is 16.5. The van der Waals surface area contributed by atoms with Crippen molar-refractivity contribution in [1.29, 1.82) is 0 Å². The quantitative estimate of drug-likeness (QED) is 0.808. The number of aliphatic hydroxyl groups is 1. The molecule has 1 N–H and O–H groups in total. The summed E-state index contributed by atoms with van der Waals surface area (Å²) in [5, 5.41) is 8.61. The second-order valence-corrected chi connectivity index (χ2v) is 4.55. The Morgan fingerprint density at radius 3 is 2.71 bits per heavy atom. The molecule has 110 valence electrons. The van der Waals surface area contributed by atoms with E-state index in [9.17, 15) is 9.59 Å². The standard InChI is InChI=1S/C15H16N2O4/c1-11(12-5-3-2-4-6-12)17-10-16-7-14(17)15(20)21-9-13(19)8-18/h2-7,10-11,18H,8-9H2,1H3. The van der Waals surface area contributed by atoms with Crippen molar-refractivity contribution >= 4 is 11.8 Å². The van der Waals surface area contributed by atoms with Gasteiger partial charge in [0, 0.05) is 0 Å². The molecule has 6 heteroatoms. The third kappa shape index (κ3) is 3.55. The van der Waals surface area contributed by atoms with Crippen LogP contribution in [0.5, 0.6) is 0 Å². The Morgan fingerprint density at radius 1 is 1.33 bits per heavy atom. The molecule has 0 amide bonds. The van der Waals surface area contributed by atoms with Crippen LogP contribution in [0.1, 0.15) is 29.0 Å². The largest absolute Gasteiger partial charge is 0.453 e. The highest BCUT2D eigenvalue weighted by Crippen LogP contribution is 2.19. The minimum Gasteiger partial charge on any atom is -0.453 e. The molecule has 0 aliphatic rings. The zero-order valence-electron chi connectivity index (χ0n) is 11.6. The molecule has 1 atom stereocenters. The number of hydrogen-bond donors (Lipinski definition) is 1. The molecule has 0 aliphatic heterocycles. The zero-order chi connectivity index (χ0) is 15.2. The van der Waals surface area contributed by atoms with Crippen LogP contribution < -0.4 is 0 Å². The van der Waals surface area contributed by atoms with Crippen molar-refractivity contribution in [2.45, 2.75) is 13.0 Å². The molecule has 1 aromatic heterocycles. The van der Waals surface area contributed by atoms with Crippen molar-refractivity contribution in [3.8, 4) is 0 Å². The van der Waals surface area contributed by atoms with E-state index in [1.165, 1.54) is 6.20 Å². The molecule has 0 bridgehead atoms. The molecule has 1 aromatic carbocycles. The summed E-state index contributed by atoms with van der Waals surface area (Å²) in [5.41, 5.74) is 1.29. The second kappa shape index (κ2) is 6.81. The molecule has 2 rings (SSSR count). The smallest absolute Gasteiger partial charge is 0.357 e. The van der Waals surface area contributed by atoms with Gasteiger partial charge in [-0.25, -0.2) is 9.78 Å². The van der Waals surface area contributed by atoms with E-state index in [-0.39, 0.29) is 11.7 Å².